The maximum Gasteiger partial charge on any atom is 0.410 e. The topological polar surface area (TPSA) is 235 Å². The predicted octanol–water partition coefficient (Wildman–Crippen LogP) is 8.21. The number of carbonyl (C=O) groups excluding carboxylic acids is 3. The molecular formula is C52H54ClFN4O12. The number of para-hydroxylation sites is 1. The fourth-order valence-corrected chi connectivity index (χ4v) is 8.66. The minimum absolute atomic E-state index is 0.0932. The molecule has 368 valence electrons. The summed E-state index contributed by atoms with van der Waals surface area (Å²) in [4.78, 5) is 63.9. The molecule has 0 saturated heterocycles. The molecule has 70 heavy (non-hydrogen) atoms. The smallest absolute Gasteiger partial charge is 0.410 e. The highest BCUT2D eigenvalue weighted by molar-refractivity contribution is 6.31. The van der Waals surface area contributed by atoms with E-state index in [-0.39, 0.29) is 84.1 Å². The Morgan fingerprint density at radius 3 is 2.10 bits per heavy atom. The number of aromatic nitrogens is 1. The lowest BCUT2D eigenvalue weighted by Crippen LogP contribution is -2.34. The number of carbonyl (C=O) groups is 5. The van der Waals surface area contributed by atoms with E-state index < -0.39 is 61.2 Å². The molecule has 0 saturated carbocycles. The Morgan fingerprint density at radius 2 is 1.46 bits per heavy atom. The Kier molecular flexibility index (Phi) is 18.1. The first-order valence-corrected chi connectivity index (χ1v) is 22.8. The summed E-state index contributed by atoms with van der Waals surface area (Å²) in [6.07, 6.45) is -4.08. The van der Waals surface area contributed by atoms with Crippen LogP contribution in [-0.2, 0) is 35.1 Å². The lowest BCUT2D eigenvalue weighted by atomic mass is 9.80. The molecule has 2 heterocycles. The van der Waals surface area contributed by atoms with Crippen LogP contribution in [0, 0.1) is 5.82 Å². The second-order valence-electron chi connectivity index (χ2n) is 16.7. The van der Waals surface area contributed by atoms with E-state index in [0.717, 1.165) is 5.56 Å². The number of aliphatic carboxylic acids is 2. The number of hydrogen-bond donors (Lipinski definition) is 7. The molecule has 0 fully saturated rings. The van der Waals surface area contributed by atoms with Gasteiger partial charge in [-0.1, -0.05) is 92.2 Å². The standard InChI is InChI=1S/C52H54ClFN4O12/c1-30(2)47-46(49(62)57-35-14-8-5-9-15-35)43(32-12-6-4-7-13-32)48(33-18-20-34(54)21-19-33)58(47)24-22-36(59)26-37(60)27-41(61)69-29-70-52(67)55-23-25-68-28-40-45(51(65)66)44(38-16-10-11-17-39(38)53)42(50(63)64)31(3)56-40/h4-21,30,36-37,44,56,59-60H,22-29H2,1-3H3,(H,55,67)(H,57,62)(H,63,64)(H,65,66). The van der Waals surface area contributed by atoms with E-state index in [1.54, 1.807) is 42.5 Å². The van der Waals surface area contributed by atoms with Crippen molar-refractivity contribution in [2.75, 3.05) is 31.9 Å². The van der Waals surface area contributed by atoms with Crippen LogP contribution in [0.2, 0.25) is 5.02 Å². The van der Waals surface area contributed by atoms with E-state index in [9.17, 15) is 48.8 Å². The van der Waals surface area contributed by atoms with E-state index in [1.165, 1.54) is 25.1 Å². The number of anilines is 1. The number of rotatable bonds is 22. The Bertz CT molecular complexity index is 2740. The van der Waals surface area contributed by atoms with Gasteiger partial charge in [-0.05, 0) is 84.8 Å². The average molecular weight is 981 g/mol. The monoisotopic (exact) mass is 980 g/mol. The van der Waals surface area contributed by atoms with E-state index in [1.807, 2.05) is 66.9 Å². The Hall–Kier alpha value is -7.31. The zero-order chi connectivity index (χ0) is 50.5. The van der Waals surface area contributed by atoms with Crippen molar-refractivity contribution in [2.24, 2.45) is 0 Å². The molecule has 18 heteroatoms. The fourth-order valence-electron chi connectivity index (χ4n) is 8.42. The summed E-state index contributed by atoms with van der Waals surface area (Å²) in [5.41, 5.74) is 4.48. The number of halogens is 2. The molecule has 3 unspecified atom stereocenters. The van der Waals surface area contributed by atoms with Gasteiger partial charge in [-0.3, -0.25) is 9.59 Å². The molecular weight excluding hydrogens is 927 g/mol. The minimum atomic E-state index is -1.38. The summed E-state index contributed by atoms with van der Waals surface area (Å²) in [6, 6.07) is 30.7. The number of carboxylic acids is 2. The van der Waals surface area contributed by atoms with Crippen LogP contribution in [0.25, 0.3) is 22.4 Å². The van der Waals surface area contributed by atoms with E-state index in [0.29, 0.717) is 33.8 Å². The van der Waals surface area contributed by atoms with Crippen LogP contribution in [0.4, 0.5) is 14.9 Å². The highest BCUT2D eigenvalue weighted by atomic mass is 35.5. The van der Waals surface area contributed by atoms with Crippen molar-refractivity contribution in [3.8, 4) is 22.4 Å². The van der Waals surface area contributed by atoms with Crippen molar-refractivity contribution in [3.63, 3.8) is 0 Å². The highest BCUT2D eigenvalue weighted by Crippen LogP contribution is 2.44. The third-order valence-electron chi connectivity index (χ3n) is 11.4. The molecule has 6 rings (SSSR count). The number of alkyl carbamates (subject to hydrolysis) is 1. The van der Waals surface area contributed by atoms with Gasteiger partial charge in [0.1, 0.15) is 5.82 Å². The molecule has 0 radical (unpaired) electrons. The minimum Gasteiger partial charge on any atom is -0.478 e. The molecule has 1 aliphatic rings. The Balaban J connectivity index is 1.02. The summed E-state index contributed by atoms with van der Waals surface area (Å²) >= 11 is 6.37. The number of carboxylic acid groups (broad SMARTS) is 2. The van der Waals surface area contributed by atoms with Crippen LogP contribution >= 0.6 is 11.6 Å². The lowest BCUT2D eigenvalue weighted by Gasteiger charge is -2.30. The van der Waals surface area contributed by atoms with Gasteiger partial charge in [0.25, 0.3) is 5.91 Å². The molecule has 1 aliphatic heterocycles. The van der Waals surface area contributed by atoms with Gasteiger partial charge in [0.2, 0.25) is 6.79 Å². The fraction of sp³-hybridized carbons (Fsp3) is 0.288. The SMILES string of the molecule is CC1=C(C(=O)O)C(c2ccccc2Cl)C(C(=O)O)=C(COCCNC(=O)OCOC(=O)CC(O)CC(O)CCn2c(-c3ccc(F)cc3)c(-c3ccccc3)c(C(=O)Nc3ccccc3)c2C(C)C)N1. The summed E-state index contributed by atoms with van der Waals surface area (Å²) < 4.78 is 31.7. The van der Waals surface area contributed by atoms with Crippen molar-refractivity contribution < 1.29 is 63.0 Å². The number of aliphatic hydroxyl groups is 2. The summed E-state index contributed by atoms with van der Waals surface area (Å²) in [6.45, 7) is 4.28. The number of nitrogens with zero attached hydrogens (tertiary/aromatic N) is 1. The van der Waals surface area contributed by atoms with Crippen molar-refractivity contribution in [1.29, 1.82) is 0 Å². The molecule has 5 aromatic rings. The number of hydrogen-bond acceptors (Lipinski definition) is 11. The molecule has 16 nitrogen and oxygen atoms in total. The summed E-state index contributed by atoms with van der Waals surface area (Å²) in [5, 5.41) is 50.5. The lowest BCUT2D eigenvalue weighted by molar-refractivity contribution is -0.154. The first-order valence-electron chi connectivity index (χ1n) is 22.4. The van der Waals surface area contributed by atoms with Gasteiger partial charge in [0.15, 0.2) is 0 Å². The molecule has 7 N–H and O–H groups in total. The van der Waals surface area contributed by atoms with Gasteiger partial charge in [0.05, 0.1) is 65.9 Å². The maximum atomic E-state index is 14.3. The van der Waals surface area contributed by atoms with Crippen LogP contribution in [-0.4, -0.2) is 93.7 Å². The number of benzene rings is 4. The molecule has 0 spiro atoms. The number of esters is 1. The number of amides is 2. The van der Waals surface area contributed by atoms with Gasteiger partial charge in [0, 0.05) is 40.8 Å². The van der Waals surface area contributed by atoms with Gasteiger partial charge in [-0.15, -0.1) is 0 Å². The van der Waals surface area contributed by atoms with E-state index in [4.69, 9.17) is 25.8 Å². The molecule has 0 aliphatic carbocycles. The maximum absolute atomic E-state index is 14.3. The second kappa shape index (κ2) is 24.3. The van der Waals surface area contributed by atoms with Crippen LogP contribution in [0.1, 0.15) is 73.5 Å². The number of dihydropyridines is 1. The Morgan fingerprint density at radius 1 is 0.814 bits per heavy atom. The highest BCUT2D eigenvalue weighted by Gasteiger charge is 2.38. The third-order valence-corrected chi connectivity index (χ3v) is 11.8. The van der Waals surface area contributed by atoms with Crippen LogP contribution < -0.4 is 16.0 Å². The van der Waals surface area contributed by atoms with Crippen molar-refractivity contribution in [2.45, 2.75) is 70.6 Å². The van der Waals surface area contributed by atoms with Gasteiger partial charge in [-0.25, -0.2) is 18.8 Å². The molecule has 3 atom stereocenters. The molecule has 0 bridgehead atoms. The number of allylic oxidation sites excluding steroid dienone is 1. The van der Waals surface area contributed by atoms with Gasteiger partial charge >= 0.3 is 24.0 Å². The number of nitrogens with one attached hydrogen (secondary N) is 3. The zero-order valence-electron chi connectivity index (χ0n) is 38.6. The largest absolute Gasteiger partial charge is 0.478 e. The quantitative estimate of drug-likeness (QED) is 0.0197. The predicted molar refractivity (Wildman–Crippen MR) is 258 cm³/mol. The van der Waals surface area contributed by atoms with Crippen LogP contribution in [0.5, 0.6) is 0 Å². The zero-order valence-corrected chi connectivity index (χ0v) is 39.4. The second-order valence-corrected chi connectivity index (χ2v) is 17.1. The van der Waals surface area contributed by atoms with Crippen molar-refractivity contribution >= 4 is 47.2 Å². The first kappa shape index (κ1) is 52.1. The molecule has 2 amide bonds. The number of aliphatic hydroxyl groups excluding tert-OH is 2. The first-order chi connectivity index (χ1) is 33.5. The van der Waals surface area contributed by atoms with E-state index >= 15 is 0 Å². The summed E-state index contributed by atoms with van der Waals surface area (Å²) in [5.74, 6) is -5.80. The van der Waals surface area contributed by atoms with Crippen LogP contribution in [0.3, 0.4) is 0 Å². The van der Waals surface area contributed by atoms with Crippen LogP contribution in [0.15, 0.2) is 132 Å². The van der Waals surface area contributed by atoms with Gasteiger partial charge in [-0.2, -0.15) is 0 Å². The Labute approximate surface area is 408 Å². The average Bonchev–Trinajstić information content (AvgIpc) is 3.67. The number of ether oxygens (including phenoxy) is 3. The van der Waals surface area contributed by atoms with Crippen molar-refractivity contribution in [3.05, 3.63) is 159 Å². The summed E-state index contributed by atoms with van der Waals surface area (Å²) in [7, 11) is 0. The third kappa shape index (κ3) is 13.1. The van der Waals surface area contributed by atoms with Gasteiger partial charge < -0.3 is 55.2 Å². The normalized spacial score (nSPS) is 14.4. The molecule has 4 aromatic carbocycles. The van der Waals surface area contributed by atoms with Crippen molar-refractivity contribution in [1.82, 2.24) is 15.2 Å². The molecule has 1 aromatic heterocycles. The van der Waals surface area contributed by atoms with E-state index in [2.05, 4.69) is 16.0 Å².